The zero-order valence-corrected chi connectivity index (χ0v) is 12.7. The Balaban J connectivity index is 2.53. The Morgan fingerprint density at radius 1 is 1.33 bits per heavy atom. The summed E-state index contributed by atoms with van der Waals surface area (Å²) in [7, 11) is 0. The second-order valence-corrected chi connectivity index (χ2v) is 5.16. The fourth-order valence-corrected chi connectivity index (χ4v) is 2.40. The maximum absolute atomic E-state index is 5.98. The molecule has 0 bridgehead atoms. The molecule has 7 heteroatoms. The lowest BCUT2D eigenvalue weighted by molar-refractivity contribution is 0.726. The second-order valence-electron chi connectivity index (χ2n) is 4.01. The van der Waals surface area contributed by atoms with Crippen molar-refractivity contribution in [2.24, 2.45) is 0 Å². The van der Waals surface area contributed by atoms with Crippen molar-refractivity contribution in [2.45, 2.75) is 26.7 Å². The summed E-state index contributed by atoms with van der Waals surface area (Å²) in [6.07, 6.45) is 3.81. The van der Waals surface area contributed by atoms with Crippen molar-refractivity contribution in [3.63, 3.8) is 0 Å². The Labute approximate surface area is 119 Å². The van der Waals surface area contributed by atoms with Crippen LogP contribution >= 0.6 is 27.5 Å². The first kappa shape index (κ1) is 13.5. The van der Waals surface area contributed by atoms with Crippen LogP contribution in [0.25, 0.3) is 5.65 Å². The molecule has 0 aromatic carbocycles. The van der Waals surface area contributed by atoms with Gasteiger partial charge in [-0.1, -0.05) is 13.8 Å². The highest BCUT2D eigenvalue weighted by atomic mass is 79.9. The molecule has 2 aromatic heterocycles. The van der Waals surface area contributed by atoms with Crippen LogP contribution in [0, 0.1) is 0 Å². The highest BCUT2D eigenvalue weighted by Crippen LogP contribution is 2.23. The van der Waals surface area contributed by atoms with Gasteiger partial charge in [-0.3, -0.25) is 0 Å². The zero-order chi connectivity index (χ0) is 13.1. The van der Waals surface area contributed by atoms with Crippen LogP contribution in [0.15, 0.2) is 10.8 Å². The molecule has 5 nitrogen and oxygen atoms in total. The molecular weight excluding hydrogens is 318 g/mol. The lowest BCUT2D eigenvalue weighted by atomic mass is 10.3. The van der Waals surface area contributed by atoms with E-state index in [9.17, 15) is 0 Å². The number of rotatable bonds is 5. The van der Waals surface area contributed by atoms with E-state index < -0.39 is 0 Å². The zero-order valence-electron chi connectivity index (χ0n) is 10.4. The number of aromatic nitrogens is 4. The van der Waals surface area contributed by atoms with Crippen molar-refractivity contribution in [3.8, 4) is 0 Å². The third kappa shape index (κ3) is 2.59. The molecule has 2 heterocycles. The van der Waals surface area contributed by atoms with Crippen LogP contribution in [-0.4, -0.2) is 32.7 Å². The normalized spacial score (nSPS) is 11.1. The number of hydrogen-bond donors (Lipinski definition) is 0. The Morgan fingerprint density at radius 3 is 2.61 bits per heavy atom. The smallest absolute Gasteiger partial charge is 0.243 e. The minimum absolute atomic E-state index is 0.230. The van der Waals surface area contributed by atoms with E-state index >= 15 is 0 Å². The Morgan fingerprint density at radius 2 is 2.00 bits per heavy atom. The summed E-state index contributed by atoms with van der Waals surface area (Å²) in [5, 5.41) is 4.36. The van der Waals surface area contributed by atoms with Gasteiger partial charge in [0.2, 0.25) is 5.28 Å². The fourth-order valence-electron chi connectivity index (χ4n) is 1.89. The van der Waals surface area contributed by atoms with Gasteiger partial charge in [-0.05, 0) is 40.4 Å². The SMILES string of the molecule is CCCN(CCC)c1nc(Cl)nn2c(Br)cnc12. The van der Waals surface area contributed by atoms with Crippen molar-refractivity contribution in [3.05, 3.63) is 16.1 Å². The van der Waals surface area contributed by atoms with E-state index in [-0.39, 0.29) is 5.28 Å². The van der Waals surface area contributed by atoms with E-state index in [2.05, 4.69) is 49.7 Å². The standard InChI is InChI=1S/C11H15BrClN5/c1-3-5-17(6-4-2)10-9-14-7-8(12)18(9)16-11(13)15-10/h7H,3-6H2,1-2H3. The predicted octanol–water partition coefficient (Wildman–Crippen LogP) is 3.17. The molecule has 2 rings (SSSR count). The number of nitrogens with zero attached hydrogens (tertiary/aromatic N) is 5. The molecule has 0 saturated heterocycles. The highest BCUT2D eigenvalue weighted by Gasteiger charge is 2.16. The summed E-state index contributed by atoms with van der Waals surface area (Å²) >= 11 is 9.37. The van der Waals surface area contributed by atoms with Crippen molar-refractivity contribution in [2.75, 3.05) is 18.0 Å². The Kier molecular flexibility index (Phi) is 4.40. The molecule has 0 amide bonds. The monoisotopic (exact) mass is 331 g/mol. The van der Waals surface area contributed by atoms with Crippen LogP contribution in [0.2, 0.25) is 5.28 Å². The largest absolute Gasteiger partial charge is 0.353 e. The summed E-state index contributed by atoms with van der Waals surface area (Å²) in [4.78, 5) is 10.9. The van der Waals surface area contributed by atoms with Crippen LogP contribution in [0.3, 0.4) is 0 Å². The average Bonchev–Trinajstić information content (AvgIpc) is 2.70. The topological polar surface area (TPSA) is 46.3 Å². The molecule has 98 valence electrons. The maximum atomic E-state index is 5.98. The van der Waals surface area contributed by atoms with Crippen LogP contribution in [0.5, 0.6) is 0 Å². The third-order valence-corrected chi connectivity index (χ3v) is 3.26. The van der Waals surface area contributed by atoms with Crippen molar-refractivity contribution in [1.82, 2.24) is 19.6 Å². The summed E-state index contributed by atoms with van der Waals surface area (Å²) in [6.45, 7) is 6.15. The van der Waals surface area contributed by atoms with Crippen molar-refractivity contribution < 1.29 is 0 Å². The van der Waals surface area contributed by atoms with Gasteiger partial charge in [0.1, 0.15) is 4.60 Å². The van der Waals surface area contributed by atoms with Gasteiger partial charge >= 0.3 is 0 Å². The number of fused-ring (bicyclic) bond motifs is 1. The summed E-state index contributed by atoms with van der Waals surface area (Å²) in [6, 6.07) is 0. The lowest BCUT2D eigenvalue weighted by Gasteiger charge is -2.22. The van der Waals surface area contributed by atoms with Crippen LogP contribution in [0.4, 0.5) is 5.82 Å². The van der Waals surface area contributed by atoms with Gasteiger partial charge in [-0.2, -0.15) is 4.98 Å². The van der Waals surface area contributed by atoms with Gasteiger partial charge in [0.15, 0.2) is 11.5 Å². The molecule has 0 aliphatic carbocycles. The number of halogens is 2. The van der Waals surface area contributed by atoms with Gasteiger partial charge in [0.05, 0.1) is 6.20 Å². The molecule has 0 radical (unpaired) electrons. The molecule has 0 fully saturated rings. The van der Waals surface area contributed by atoms with Crippen molar-refractivity contribution >= 4 is 39.0 Å². The first-order chi connectivity index (χ1) is 8.67. The van der Waals surface area contributed by atoms with Gasteiger partial charge < -0.3 is 4.90 Å². The second kappa shape index (κ2) is 5.84. The predicted molar refractivity (Wildman–Crippen MR) is 76.3 cm³/mol. The van der Waals surface area contributed by atoms with Gasteiger partial charge in [0.25, 0.3) is 0 Å². The van der Waals surface area contributed by atoms with Crippen LogP contribution < -0.4 is 4.90 Å². The molecule has 2 aromatic rings. The van der Waals surface area contributed by atoms with E-state index in [1.807, 2.05) is 0 Å². The average molecular weight is 333 g/mol. The molecule has 18 heavy (non-hydrogen) atoms. The lowest BCUT2D eigenvalue weighted by Crippen LogP contribution is -2.27. The van der Waals surface area contributed by atoms with E-state index in [0.29, 0.717) is 0 Å². The van der Waals surface area contributed by atoms with E-state index in [1.54, 1.807) is 10.7 Å². The maximum Gasteiger partial charge on any atom is 0.243 e. The molecule has 0 unspecified atom stereocenters. The first-order valence-electron chi connectivity index (χ1n) is 5.99. The molecule has 0 aliphatic rings. The van der Waals surface area contributed by atoms with Crippen molar-refractivity contribution in [1.29, 1.82) is 0 Å². The van der Waals surface area contributed by atoms with E-state index in [1.165, 1.54) is 0 Å². The molecule has 0 saturated carbocycles. The number of anilines is 1. The molecular formula is C11H15BrClN5. The van der Waals surface area contributed by atoms with Gasteiger partial charge in [0, 0.05) is 13.1 Å². The summed E-state index contributed by atoms with van der Waals surface area (Å²) in [5.41, 5.74) is 0.730. The third-order valence-electron chi connectivity index (χ3n) is 2.56. The van der Waals surface area contributed by atoms with Gasteiger partial charge in [-0.15, -0.1) is 5.10 Å². The highest BCUT2D eigenvalue weighted by molar-refractivity contribution is 9.10. The quantitative estimate of drug-likeness (QED) is 0.844. The van der Waals surface area contributed by atoms with Crippen LogP contribution in [-0.2, 0) is 0 Å². The summed E-state index contributed by atoms with van der Waals surface area (Å²) in [5.74, 6) is 0.796. The minimum Gasteiger partial charge on any atom is -0.353 e. The minimum atomic E-state index is 0.230. The molecule has 0 atom stereocenters. The number of imidazole rings is 1. The Bertz CT molecular complexity index is 535. The molecule has 0 N–H and O–H groups in total. The number of hydrogen-bond acceptors (Lipinski definition) is 4. The van der Waals surface area contributed by atoms with E-state index in [0.717, 1.165) is 42.0 Å². The fraction of sp³-hybridized carbons (Fsp3) is 0.545. The van der Waals surface area contributed by atoms with E-state index in [4.69, 9.17) is 11.6 Å². The summed E-state index contributed by atoms with van der Waals surface area (Å²) < 4.78 is 2.44. The van der Waals surface area contributed by atoms with Crippen LogP contribution in [0.1, 0.15) is 26.7 Å². The molecule has 0 spiro atoms. The Hall–Kier alpha value is -0.880. The van der Waals surface area contributed by atoms with Gasteiger partial charge in [-0.25, -0.2) is 9.50 Å². The first-order valence-corrected chi connectivity index (χ1v) is 7.16. The molecule has 0 aliphatic heterocycles.